The van der Waals surface area contributed by atoms with Gasteiger partial charge in [0.05, 0.1) is 0 Å². The van der Waals surface area contributed by atoms with E-state index in [2.05, 4.69) is 12.1 Å². The van der Waals surface area contributed by atoms with Crippen molar-refractivity contribution in [2.75, 3.05) is 5.73 Å². The third kappa shape index (κ3) is 2.07. The van der Waals surface area contributed by atoms with Gasteiger partial charge in [0.25, 0.3) is 0 Å². The van der Waals surface area contributed by atoms with Crippen molar-refractivity contribution < 1.29 is 0 Å². The Labute approximate surface area is 85.3 Å². The third-order valence-electron chi connectivity index (χ3n) is 3.04. The number of fused-ring (bicyclic) bond motifs is 1. The maximum atomic E-state index is 5.97. The Balaban J connectivity index is 2.24. The Morgan fingerprint density at radius 1 is 1.07 bits per heavy atom. The molecule has 0 saturated heterocycles. The highest BCUT2D eigenvalue weighted by Gasteiger charge is 2.11. The molecule has 1 unspecified atom stereocenters. The van der Waals surface area contributed by atoms with Gasteiger partial charge in [-0.15, -0.1) is 0 Å². The summed E-state index contributed by atoms with van der Waals surface area (Å²) in [6.45, 7) is 0. The molecule has 2 heteroatoms. The van der Waals surface area contributed by atoms with E-state index in [4.69, 9.17) is 11.5 Å². The first-order chi connectivity index (χ1) is 6.75. The zero-order chi connectivity index (χ0) is 9.97. The first-order valence-corrected chi connectivity index (χ1v) is 5.38. The Hall–Kier alpha value is -1.02. The first-order valence-electron chi connectivity index (χ1n) is 5.38. The molecule has 1 atom stereocenters. The van der Waals surface area contributed by atoms with Gasteiger partial charge in [-0.2, -0.15) is 0 Å². The smallest absolute Gasteiger partial charge is 0.0316 e. The van der Waals surface area contributed by atoms with Gasteiger partial charge in [-0.25, -0.2) is 0 Å². The Bertz CT molecular complexity index is 320. The molecule has 2 rings (SSSR count). The van der Waals surface area contributed by atoms with Crippen molar-refractivity contribution in [3.63, 3.8) is 0 Å². The van der Waals surface area contributed by atoms with Crippen LogP contribution in [-0.4, -0.2) is 6.04 Å². The van der Waals surface area contributed by atoms with E-state index < -0.39 is 0 Å². The summed E-state index contributed by atoms with van der Waals surface area (Å²) in [5.41, 5.74) is 15.5. The second-order valence-corrected chi connectivity index (χ2v) is 4.22. The van der Waals surface area contributed by atoms with Crippen molar-refractivity contribution in [1.82, 2.24) is 0 Å². The number of hydrogen-bond donors (Lipinski definition) is 2. The average molecular weight is 190 g/mol. The number of anilines is 1. The number of nitrogen functional groups attached to an aromatic ring is 1. The van der Waals surface area contributed by atoms with Crippen LogP contribution in [0.4, 0.5) is 5.69 Å². The van der Waals surface area contributed by atoms with Gasteiger partial charge in [0, 0.05) is 11.7 Å². The summed E-state index contributed by atoms with van der Waals surface area (Å²) in [6.07, 6.45) is 5.70. The lowest BCUT2D eigenvalue weighted by Crippen LogP contribution is -2.22. The Kier molecular flexibility index (Phi) is 2.73. The van der Waals surface area contributed by atoms with Crippen LogP contribution in [-0.2, 0) is 12.8 Å². The Morgan fingerprint density at radius 2 is 1.93 bits per heavy atom. The van der Waals surface area contributed by atoms with Crippen molar-refractivity contribution in [1.29, 1.82) is 0 Å². The molecule has 0 amide bonds. The predicted molar refractivity (Wildman–Crippen MR) is 60.1 cm³/mol. The molecule has 0 radical (unpaired) electrons. The summed E-state index contributed by atoms with van der Waals surface area (Å²) in [5, 5.41) is 0. The molecule has 76 valence electrons. The standard InChI is InChI=1S/C12H18N2/c13-11-3-1-2-9-4-7-12(14)8-10(9)5-6-11/h4,7-8,11H,1-3,5-6,13-14H2. The van der Waals surface area contributed by atoms with Crippen LogP contribution in [0.5, 0.6) is 0 Å². The molecule has 0 fully saturated rings. The molecule has 0 aromatic heterocycles. The zero-order valence-corrected chi connectivity index (χ0v) is 8.50. The normalized spacial score (nSPS) is 22.2. The highest BCUT2D eigenvalue weighted by atomic mass is 14.6. The van der Waals surface area contributed by atoms with E-state index in [1.807, 2.05) is 6.07 Å². The highest BCUT2D eigenvalue weighted by molar-refractivity contribution is 5.45. The van der Waals surface area contributed by atoms with Gasteiger partial charge in [0.15, 0.2) is 0 Å². The molecular weight excluding hydrogens is 172 g/mol. The number of rotatable bonds is 0. The van der Waals surface area contributed by atoms with Crippen LogP contribution in [0, 0.1) is 0 Å². The Morgan fingerprint density at radius 3 is 2.79 bits per heavy atom. The van der Waals surface area contributed by atoms with E-state index in [1.165, 1.54) is 17.5 Å². The van der Waals surface area contributed by atoms with E-state index in [1.54, 1.807) is 0 Å². The molecule has 1 aliphatic rings. The van der Waals surface area contributed by atoms with Crippen molar-refractivity contribution >= 4 is 5.69 Å². The second kappa shape index (κ2) is 4.01. The predicted octanol–water partition coefficient (Wildman–Crippen LogP) is 1.86. The van der Waals surface area contributed by atoms with Crippen LogP contribution in [0.1, 0.15) is 30.4 Å². The minimum absolute atomic E-state index is 0.379. The minimum atomic E-state index is 0.379. The number of benzene rings is 1. The topological polar surface area (TPSA) is 52.0 Å². The fraction of sp³-hybridized carbons (Fsp3) is 0.500. The molecule has 14 heavy (non-hydrogen) atoms. The summed E-state index contributed by atoms with van der Waals surface area (Å²) in [6, 6.07) is 6.65. The molecule has 1 aliphatic carbocycles. The third-order valence-corrected chi connectivity index (χ3v) is 3.04. The monoisotopic (exact) mass is 190 g/mol. The first kappa shape index (κ1) is 9.53. The quantitative estimate of drug-likeness (QED) is 0.613. The average Bonchev–Trinajstić information content (AvgIpc) is 2.15. The van der Waals surface area contributed by atoms with Crippen LogP contribution in [0.3, 0.4) is 0 Å². The highest BCUT2D eigenvalue weighted by Crippen LogP contribution is 2.21. The van der Waals surface area contributed by atoms with Crippen molar-refractivity contribution in [3.05, 3.63) is 29.3 Å². The zero-order valence-electron chi connectivity index (χ0n) is 8.50. The van der Waals surface area contributed by atoms with Gasteiger partial charge >= 0.3 is 0 Å². The lowest BCUT2D eigenvalue weighted by molar-refractivity contribution is 0.531. The van der Waals surface area contributed by atoms with Crippen LogP contribution in [0.2, 0.25) is 0 Å². The molecule has 0 aliphatic heterocycles. The van der Waals surface area contributed by atoms with E-state index in [-0.39, 0.29) is 0 Å². The summed E-state index contributed by atoms with van der Waals surface area (Å²) in [7, 11) is 0. The molecule has 1 aromatic carbocycles. The molecule has 2 nitrogen and oxygen atoms in total. The molecule has 0 spiro atoms. The minimum Gasteiger partial charge on any atom is -0.399 e. The lowest BCUT2D eigenvalue weighted by Gasteiger charge is -2.18. The van der Waals surface area contributed by atoms with E-state index in [9.17, 15) is 0 Å². The molecule has 0 saturated carbocycles. The van der Waals surface area contributed by atoms with Crippen molar-refractivity contribution in [3.8, 4) is 0 Å². The van der Waals surface area contributed by atoms with Gasteiger partial charge in [-0.05, 0) is 55.4 Å². The SMILES string of the molecule is Nc1ccc2c(c1)CCC(N)CCC2. The molecule has 0 bridgehead atoms. The maximum Gasteiger partial charge on any atom is 0.0316 e. The van der Waals surface area contributed by atoms with Crippen LogP contribution >= 0.6 is 0 Å². The van der Waals surface area contributed by atoms with Gasteiger partial charge in [-0.1, -0.05) is 6.07 Å². The summed E-state index contributed by atoms with van der Waals surface area (Å²) in [5.74, 6) is 0. The van der Waals surface area contributed by atoms with Gasteiger partial charge in [0.1, 0.15) is 0 Å². The summed E-state index contributed by atoms with van der Waals surface area (Å²) in [4.78, 5) is 0. The van der Waals surface area contributed by atoms with Crippen LogP contribution in [0.15, 0.2) is 18.2 Å². The molecule has 0 heterocycles. The lowest BCUT2D eigenvalue weighted by atomic mass is 9.91. The maximum absolute atomic E-state index is 5.97. The van der Waals surface area contributed by atoms with E-state index in [0.29, 0.717) is 6.04 Å². The molecular formula is C12H18N2. The van der Waals surface area contributed by atoms with E-state index in [0.717, 1.165) is 31.4 Å². The molecule has 4 N–H and O–H groups in total. The second-order valence-electron chi connectivity index (χ2n) is 4.22. The van der Waals surface area contributed by atoms with Crippen LogP contribution < -0.4 is 11.5 Å². The molecule has 1 aromatic rings. The number of hydrogen-bond acceptors (Lipinski definition) is 2. The largest absolute Gasteiger partial charge is 0.399 e. The fourth-order valence-electron chi connectivity index (χ4n) is 2.16. The van der Waals surface area contributed by atoms with Gasteiger partial charge in [0.2, 0.25) is 0 Å². The number of aryl methyl sites for hydroxylation is 2. The number of nitrogens with two attached hydrogens (primary N) is 2. The van der Waals surface area contributed by atoms with Gasteiger partial charge in [-0.3, -0.25) is 0 Å². The fourth-order valence-corrected chi connectivity index (χ4v) is 2.16. The van der Waals surface area contributed by atoms with Crippen LogP contribution in [0.25, 0.3) is 0 Å². The van der Waals surface area contributed by atoms with Crippen molar-refractivity contribution in [2.45, 2.75) is 38.1 Å². The summed E-state index contributed by atoms with van der Waals surface area (Å²) >= 11 is 0. The summed E-state index contributed by atoms with van der Waals surface area (Å²) < 4.78 is 0. The van der Waals surface area contributed by atoms with E-state index >= 15 is 0 Å². The van der Waals surface area contributed by atoms with Gasteiger partial charge < -0.3 is 11.5 Å². The van der Waals surface area contributed by atoms with Crippen molar-refractivity contribution in [2.24, 2.45) is 5.73 Å².